The van der Waals surface area contributed by atoms with Crippen LogP contribution in [0, 0.1) is 5.41 Å². The minimum Gasteiger partial charge on any atom is -0.385 e. The first-order valence-electron chi connectivity index (χ1n) is 5.79. The SMILES string of the molecule is CC(O)(c1ccccc1Cl)C1(CN)CCOC1. The number of hydrogen-bond donors (Lipinski definition) is 2. The fourth-order valence-corrected chi connectivity index (χ4v) is 2.81. The summed E-state index contributed by atoms with van der Waals surface area (Å²) < 4.78 is 5.42. The monoisotopic (exact) mass is 255 g/mol. The molecule has 2 rings (SSSR count). The van der Waals surface area contributed by atoms with Crippen molar-refractivity contribution in [3.05, 3.63) is 34.9 Å². The number of nitrogens with two attached hydrogens (primary N) is 1. The number of halogens is 1. The molecule has 0 spiro atoms. The quantitative estimate of drug-likeness (QED) is 0.868. The van der Waals surface area contributed by atoms with Crippen LogP contribution in [0.25, 0.3) is 0 Å². The third-order valence-electron chi connectivity index (χ3n) is 3.93. The Morgan fingerprint density at radius 1 is 1.53 bits per heavy atom. The zero-order chi connectivity index (χ0) is 12.5. The Kier molecular flexibility index (Phi) is 3.46. The summed E-state index contributed by atoms with van der Waals surface area (Å²) in [5, 5.41) is 11.4. The Balaban J connectivity index is 2.45. The van der Waals surface area contributed by atoms with E-state index in [1.165, 1.54) is 0 Å². The van der Waals surface area contributed by atoms with Gasteiger partial charge in [0.05, 0.1) is 12.2 Å². The lowest BCUT2D eigenvalue weighted by molar-refractivity contribution is -0.0746. The first-order valence-corrected chi connectivity index (χ1v) is 6.16. The van der Waals surface area contributed by atoms with Crippen molar-refractivity contribution in [2.24, 2.45) is 11.1 Å². The smallest absolute Gasteiger partial charge is 0.0973 e. The highest BCUT2D eigenvalue weighted by molar-refractivity contribution is 6.31. The van der Waals surface area contributed by atoms with E-state index in [0.29, 0.717) is 24.8 Å². The summed E-state index contributed by atoms with van der Waals surface area (Å²) in [6.07, 6.45) is 0.752. The molecule has 1 aliphatic heterocycles. The van der Waals surface area contributed by atoms with E-state index in [9.17, 15) is 5.11 Å². The van der Waals surface area contributed by atoms with Crippen LogP contribution >= 0.6 is 11.6 Å². The Labute approximate surface area is 107 Å². The number of aliphatic hydroxyl groups is 1. The van der Waals surface area contributed by atoms with Gasteiger partial charge in [-0.2, -0.15) is 0 Å². The van der Waals surface area contributed by atoms with Crippen molar-refractivity contribution in [1.82, 2.24) is 0 Å². The molecule has 4 heteroatoms. The molecule has 1 aliphatic rings. The molecular weight excluding hydrogens is 238 g/mol. The maximum absolute atomic E-state index is 10.9. The summed E-state index contributed by atoms with van der Waals surface area (Å²) in [6, 6.07) is 7.35. The molecule has 2 atom stereocenters. The normalized spacial score (nSPS) is 28.0. The Hall–Kier alpha value is -0.610. The van der Waals surface area contributed by atoms with Gasteiger partial charge < -0.3 is 15.6 Å². The molecule has 0 amide bonds. The van der Waals surface area contributed by atoms with E-state index in [4.69, 9.17) is 22.1 Å². The zero-order valence-corrected chi connectivity index (χ0v) is 10.7. The van der Waals surface area contributed by atoms with Gasteiger partial charge >= 0.3 is 0 Å². The average Bonchev–Trinajstić information content (AvgIpc) is 2.79. The van der Waals surface area contributed by atoms with Crippen molar-refractivity contribution in [2.75, 3.05) is 19.8 Å². The molecule has 0 bridgehead atoms. The molecule has 1 heterocycles. The van der Waals surface area contributed by atoms with Crippen LogP contribution in [0.5, 0.6) is 0 Å². The van der Waals surface area contributed by atoms with E-state index in [-0.39, 0.29) is 0 Å². The predicted octanol–water partition coefficient (Wildman–Crippen LogP) is 1.91. The molecule has 0 radical (unpaired) electrons. The van der Waals surface area contributed by atoms with E-state index in [0.717, 1.165) is 12.0 Å². The molecule has 17 heavy (non-hydrogen) atoms. The van der Waals surface area contributed by atoms with Crippen LogP contribution < -0.4 is 5.73 Å². The van der Waals surface area contributed by atoms with Gasteiger partial charge in [0.1, 0.15) is 0 Å². The molecule has 1 aromatic rings. The molecule has 0 aliphatic carbocycles. The zero-order valence-electron chi connectivity index (χ0n) is 9.95. The number of hydrogen-bond acceptors (Lipinski definition) is 3. The summed E-state index contributed by atoms with van der Waals surface area (Å²) in [4.78, 5) is 0. The second-order valence-electron chi connectivity index (χ2n) is 4.84. The molecule has 3 nitrogen and oxygen atoms in total. The lowest BCUT2D eigenvalue weighted by Gasteiger charge is -2.41. The summed E-state index contributed by atoms with van der Waals surface area (Å²) >= 11 is 6.16. The predicted molar refractivity (Wildman–Crippen MR) is 67.9 cm³/mol. The molecule has 1 aromatic carbocycles. The van der Waals surface area contributed by atoms with Crippen molar-refractivity contribution in [3.63, 3.8) is 0 Å². The molecule has 94 valence electrons. The van der Waals surface area contributed by atoms with Gasteiger partial charge in [-0.15, -0.1) is 0 Å². The first-order chi connectivity index (χ1) is 8.03. The van der Waals surface area contributed by atoms with E-state index < -0.39 is 11.0 Å². The number of benzene rings is 1. The van der Waals surface area contributed by atoms with Crippen LogP contribution in [0.15, 0.2) is 24.3 Å². The van der Waals surface area contributed by atoms with Crippen LogP contribution in [-0.2, 0) is 10.3 Å². The summed E-state index contributed by atoms with van der Waals surface area (Å²) in [5.74, 6) is 0. The van der Waals surface area contributed by atoms with Gasteiger partial charge in [-0.25, -0.2) is 0 Å². The van der Waals surface area contributed by atoms with Gasteiger partial charge in [-0.3, -0.25) is 0 Å². The molecule has 1 saturated heterocycles. The maximum Gasteiger partial charge on any atom is 0.0973 e. The highest BCUT2D eigenvalue weighted by Crippen LogP contribution is 2.46. The van der Waals surface area contributed by atoms with Crippen molar-refractivity contribution in [2.45, 2.75) is 18.9 Å². The Morgan fingerprint density at radius 3 is 2.76 bits per heavy atom. The van der Waals surface area contributed by atoms with E-state index in [2.05, 4.69) is 0 Å². The summed E-state index contributed by atoms with van der Waals surface area (Å²) in [6.45, 7) is 3.26. The summed E-state index contributed by atoms with van der Waals surface area (Å²) in [7, 11) is 0. The second kappa shape index (κ2) is 4.58. The fourth-order valence-electron chi connectivity index (χ4n) is 2.49. The van der Waals surface area contributed by atoms with Crippen LogP contribution in [0.1, 0.15) is 18.9 Å². The van der Waals surface area contributed by atoms with Crippen molar-refractivity contribution in [3.8, 4) is 0 Å². The molecule has 0 aromatic heterocycles. The fraction of sp³-hybridized carbons (Fsp3) is 0.538. The average molecular weight is 256 g/mol. The van der Waals surface area contributed by atoms with Crippen molar-refractivity contribution >= 4 is 11.6 Å². The molecule has 1 fully saturated rings. The van der Waals surface area contributed by atoms with Gasteiger partial charge in [-0.1, -0.05) is 29.8 Å². The van der Waals surface area contributed by atoms with Crippen LogP contribution in [0.2, 0.25) is 5.02 Å². The highest BCUT2D eigenvalue weighted by Gasteiger charge is 2.50. The van der Waals surface area contributed by atoms with Gasteiger partial charge in [0.15, 0.2) is 0 Å². The van der Waals surface area contributed by atoms with Crippen LogP contribution in [0.4, 0.5) is 0 Å². The molecule has 0 saturated carbocycles. The topological polar surface area (TPSA) is 55.5 Å². The Morgan fingerprint density at radius 2 is 2.24 bits per heavy atom. The standard InChI is InChI=1S/C13H18ClNO2/c1-12(16,10-4-2-3-5-11(10)14)13(8-15)6-7-17-9-13/h2-5,16H,6-9,15H2,1H3. The molecule has 2 unspecified atom stereocenters. The van der Waals surface area contributed by atoms with Crippen molar-refractivity contribution in [1.29, 1.82) is 0 Å². The first kappa shape index (κ1) is 12.8. The number of rotatable bonds is 3. The Bertz CT molecular complexity index is 400. The summed E-state index contributed by atoms with van der Waals surface area (Å²) in [5.41, 5.74) is 5.06. The minimum absolute atomic E-state index is 0.380. The maximum atomic E-state index is 10.9. The van der Waals surface area contributed by atoms with Gasteiger partial charge in [0, 0.05) is 29.2 Å². The minimum atomic E-state index is -1.07. The lowest BCUT2D eigenvalue weighted by atomic mass is 9.68. The van der Waals surface area contributed by atoms with Crippen LogP contribution in [0.3, 0.4) is 0 Å². The second-order valence-corrected chi connectivity index (χ2v) is 5.25. The molecule has 3 N–H and O–H groups in total. The largest absolute Gasteiger partial charge is 0.385 e. The number of ether oxygens (including phenoxy) is 1. The highest BCUT2D eigenvalue weighted by atomic mass is 35.5. The third-order valence-corrected chi connectivity index (χ3v) is 4.25. The van der Waals surface area contributed by atoms with Gasteiger partial charge in [0.25, 0.3) is 0 Å². The van der Waals surface area contributed by atoms with Gasteiger partial charge in [-0.05, 0) is 19.4 Å². The molecular formula is C13H18ClNO2. The lowest BCUT2D eigenvalue weighted by Crippen LogP contribution is -2.49. The van der Waals surface area contributed by atoms with E-state index >= 15 is 0 Å². The van der Waals surface area contributed by atoms with Crippen LogP contribution in [-0.4, -0.2) is 24.9 Å². The third kappa shape index (κ3) is 1.97. The van der Waals surface area contributed by atoms with Gasteiger partial charge in [0.2, 0.25) is 0 Å². The van der Waals surface area contributed by atoms with Crippen molar-refractivity contribution < 1.29 is 9.84 Å². The van der Waals surface area contributed by atoms with E-state index in [1.54, 1.807) is 13.0 Å². The van der Waals surface area contributed by atoms with E-state index in [1.807, 2.05) is 18.2 Å².